The monoisotopic (exact) mass is 407 g/mol. The van der Waals surface area contributed by atoms with Crippen LogP contribution >= 0.6 is 11.3 Å². The van der Waals surface area contributed by atoms with Crippen LogP contribution in [-0.4, -0.2) is 29.5 Å². The number of para-hydroxylation sites is 1. The van der Waals surface area contributed by atoms with Crippen LogP contribution in [0, 0.1) is 0 Å². The van der Waals surface area contributed by atoms with Gasteiger partial charge in [0.1, 0.15) is 16.3 Å². The SMILES string of the molecule is COc1ccccc1C(CN)NC(=O)c1sccc1Nc1ccnc2[nH]ccc12. The summed E-state index contributed by atoms with van der Waals surface area (Å²) in [5.41, 5.74) is 9.20. The maximum Gasteiger partial charge on any atom is 0.264 e. The fraction of sp³-hybridized carbons (Fsp3) is 0.143. The van der Waals surface area contributed by atoms with Gasteiger partial charge in [0.25, 0.3) is 5.91 Å². The summed E-state index contributed by atoms with van der Waals surface area (Å²) in [6.45, 7) is 0.259. The van der Waals surface area contributed by atoms with Crippen molar-refractivity contribution in [1.29, 1.82) is 0 Å². The summed E-state index contributed by atoms with van der Waals surface area (Å²) < 4.78 is 5.41. The van der Waals surface area contributed by atoms with E-state index in [9.17, 15) is 4.79 Å². The molecule has 7 nitrogen and oxygen atoms in total. The smallest absolute Gasteiger partial charge is 0.264 e. The topological polar surface area (TPSA) is 105 Å². The first kappa shape index (κ1) is 19.0. The third-order valence-electron chi connectivity index (χ3n) is 4.66. The van der Waals surface area contributed by atoms with Crippen LogP contribution in [0.2, 0.25) is 0 Å². The highest BCUT2D eigenvalue weighted by atomic mass is 32.1. The van der Waals surface area contributed by atoms with Crippen molar-refractivity contribution in [2.24, 2.45) is 5.73 Å². The van der Waals surface area contributed by atoms with Gasteiger partial charge in [0.05, 0.1) is 24.5 Å². The number of fused-ring (bicyclic) bond motifs is 1. The summed E-state index contributed by atoms with van der Waals surface area (Å²) >= 11 is 1.37. The number of amides is 1. The van der Waals surface area contributed by atoms with Gasteiger partial charge in [0.2, 0.25) is 0 Å². The first-order chi connectivity index (χ1) is 14.2. The molecule has 3 aromatic heterocycles. The minimum Gasteiger partial charge on any atom is -0.496 e. The molecule has 0 fully saturated rings. The van der Waals surface area contributed by atoms with Gasteiger partial charge in [0, 0.05) is 29.9 Å². The number of nitrogens with one attached hydrogen (secondary N) is 3. The Morgan fingerprint density at radius 2 is 2.10 bits per heavy atom. The Hall–Kier alpha value is -3.36. The summed E-state index contributed by atoms with van der Waals surface area (Å²) in [7, 11) is 1.60. The van der Waals surface area contributed by atoms with E-state index >= 15 is 0 Å². The molecule has 0 aliphatic carbocycles. The van der Waals surface area contributed by atoms with Crippen LogP contribution in [0.5, 0.6) is 5.75 Å². The third-order valence-corrected chi connectivity index (χ3v) is 5.57. The molecule has 29 heavy (non-hydrogen) atoms. The van der Waals surface area contributed by atoms with Gasteiger partial charge < -0.3 is 26.1 Å². The van der Waals surface area contributed by atoms with E-state index in [4.69, 9.17) is 10.5 Å². The lowest BCUT2D eigenvalue weighted by Crippen LogP contribution is -2.33. The largest absolute Gasteiger partial charge is 0.496 e. The van der Waals surface area contributed by atoms with Crippen molar-refractivity contribution in [1.82, 2.24) is 15.3 Å². The van der Waals surface area contributed by atoms with Gasteiger partial charge >= 0.3 is 0 Å². The Morgan fingerprint density at radius 1 is 1.24 bits per heavy atom. The molecule has 0 aliphatic heterocycles. The molecule has 0 radical (unpaired) electrons. The molecule has 3 heterocycles. The van der Waals surface area contributed by atoms with Crippen LogP contribution in [0.1, 0.15) is 21.3 Å². The number of hydrogen-bond donors (Lipinski definition) is 4. The number of rotatable bonds is 7. The van der Waals surface area contributed by atoms with Gasteiger partial charge in [-0.25, -0.2) is 4.98 Å². The van der Waals surface area contributed by atoms with E-state index in [1.165, 1.54) is 11.3 Å². The maximum atomic E-state index is 13.0. The minimum absolute atomic E-state index is 0.191. The molecule has 0 bridgehead atoms. The van der Waals surface area contributed by atoms with Crippen LogP contribution in [0.4, 0.5) is 11.4 Å². The molecule has 1 atom stereocenters. The summed E-state index contributed by atoms with van der Waals surface area (Å²) in [5.74, 6) is 0.502. The van der Waals surface area contributed by atoms with Crippen LogP contribution < -0.4 is 21.1 Å². The minimum atomic E-state index is -0.356. The van der Waals surface area contributed by atoms with E-state index in [1.807, 2.05) is 54.0 Å². The molecule has 8 heteroatoms. The highest BCUT2D eigenvalue weighted by Gasteiger charge is 2.21. The summed E-state index contributed by atoms with van der Waals surface area (Å²) in [4.78, 5) is 21.0. The molecular weight excluding hydrogens is 386 g/mol. The molecule has 1 amide bonds. The third kappa shape index (κ3) is 3.80. The number of nitrogens with two attached hydrogens (primary N) is 1. The summed E-state index contributed by atoms with van der Waals surface area (Å²) in [6, 6.07) is 12.9. The average molecular weight is 407 g/mol. The standard InChI is InChI=1S/C21H21N5O2S/c1-28-18-5-3-2-4-13(18)17(12-22)26-21(27)19-16(8-11-29-19)25-15-7-10-24-20-14(15)6-9-23-20/h2-11,17H,12,22H2,1H3,(H,26,27)(H2,23,24,25). The number of thiophene rings is 1. The normalized spacial score (nSPS) is 11.9. The molecule has 0 saturated heterocycles. The number of nitrogens with zero attached hydrogens (tertiary/aromatic N) is 1. The van der Waals surface area contributed by atoms with Gasteiger partial charge in [-0.1, -0.05) is 18.2 Å². The fourth-order valence-corrected chi connectivity index (χ4v) is 3.99. The Labute approximate surface area is 171 Å². The highest BCUT2D eigenvalue weighted by Crippen LogP contribution is 2.30. The number of H-pyrrole nitrogens is 1. The molecule has 0 spiro atoms. The first-order valence-electron chi connectivity index (χ1n) is 9.11. The molecule has 5 N–H and O–H groups in total. The Bertz CT molecular complexity index is 1140. The second-order valence-electron chi connectivity index (χ2n) is 6.39. The number of methoxy groups -OCH3 is 1. The number of pyridine rings is 1. The Kier molecular flexibility index (Phi) is 5.46. The molecule has 1 aromatic carbocycles. The Morgan fingerprint density at radius 3 is 2.93 bits per heavy atom. The van der Waals surface area contributed by atoms with Crippen molar-refractivity contribution in [3.05, 3.63) is 70.7 Å². The number of hydrogen-bond acceptors (Lipinski definition) is 6. The van der Waals surface area contributed by atoms with Gasteiger partial charge in [-0.15, -0.1) is 11.3 Å². The van der Waals surface area contributed by atoms with Crippen molar-refractivity contribution in [2.75, 3.05) is 19.0 Å². The second-order valence-corrected chi connectivity index (χ2v) is 7.31. The fourth-order valence-electron chi connectivity index (χ4n) is 3.24. The van der Waals surface area contributed by atoms with Gasteiger partial charge in [0.15, 0.2) is 0 Å². The predicted octanol–water partition coefficient (Wildman–Crippen LogP) is 3.81. The lowest BCUT2D eigenvalue weighted by Gasteiger charge is -2.20. The maximum absolute atomic E-state index is 13.0. The zero-order valence-corrected chi connectivity index (χ0v) is 16.6. The van der Waals surface area contributed by atoms with E-state index in [2.05, 4.69) is 20.6 Å². The van der Waals surface area contributed by atoms with Gasteiger partial charge in [-0.05, 0) is 29.6 Å². The molecule has 0 saturated carbocycles. The lowest BCUT2D eigenvalue weighted by atomic mass is 10.1. The summed E-state index contributed by atoms with van der Waals surface area (Å²) in [5, 5.41) is 9.22. The zero-order chi connectivity index (χ0) is 20.2. The number of benzene rings is 1. The van der Waals surface area contributed by atoms with E-state index in [0.717, 1.165) is 28.0 Å². The van der Waals surface area contributed by atoms with Crippen molar-refractivity contribution in [2.45, 2.75) is 6.04 Å². The molecule has 148 valence electrons. The Balaban J connectivity index is 1.57. The number of aromatic amines is 1. The van der Waals surface area contributed by atoms with Crippen molar-refractivity contribution in [3.8, 4) is 5.75 Å². The van der Waals surface area contributed by atoms with Crippen LogP contribution in [0.3, 0.4) is 0 Å². The van der Waals surface area contributed by atoms with E-state index < -0.39 is 0 Å². The predicted molar refractivity (Wildman–Crippen MR) is 116 cm³/mol. The number of carbonyl (C=O) groups is 1. The van der Waals surface area contributed by atoms with Crippen LogP contribution in [-0.2, 0) is 0 Å². The zero-order valence-electron chi connectivity index (χ0n) is 15.8. The molecular formula is C21H21N5O2S. The lowest BCUT2D eigenvalue weighted by molar-refractivity contribution is 0.0942. The van der Waals surface area contributed by atoms with Crippen LogP contribution in [0.15, 0.2) is 60.2 Å². The van der Waals surface area contributed by atoms with E-state index in [1.54, 1.807) is 13.3 Å². The van der Waals surface area contributed by atoms with E-state index in [-0.39, 0.29) is 18.5 Å². The number of carbonyl (C=O) groups excluding carboxylic acids is 1. The second kappa shape index (κ2) is 8.34. The van der Waals surface area contributed by atoms with Crippen molar-refractivity contribution >= 4 is 39.7 Å². The molecule has 4 rings (SSSR count). The average Bonchev–Trinajstić information content (AvgIpc) is 3.42. The van der Waals surface area contributed by atoms with Crippen LogP contribution in [0.25, 0.3) is 11.0 Å². The highest BCUT2D eigenvalue weighted by molar-refractivity contribution is 7.12. The first-order valence-corrected chi connectivity index (χ1v) is 9.99. The number of ether oxygens (including phenoxy) is 1. The van der Waals surface area contributed by atoms with E-state index in [0.29, 0.717) is 10.6 Å². The molecule has 4 aromatic rings. The molecule has 1 unspecified atom stereocenters. The number of aromatic nitrogens is 2. The van der Waals surface area contributed by atoms with Crippen molar-refractivity contribution < 1.29 is 9.53 Å². The van der Waals surface area contributed by atoms with Gasteiger partial charge in [-0.3, -0.25) is 4.79 Å². The van der Waals surface area contributed by atoms with Gasteiger partial charge in [-0.2, -0.15) is 0 Å². The van der Waals surface area contributed by atoms with Crippen molar-refractivity contribution in [3.63, 3.8) is 0 Å². The quantitative estimate of drug-likeness (QED) is 0.373. The molecule has 0 aliphatic rings. The summed E-state index contributed by atoms with van der Waals surface area (Å²) in [6.07, 6.45) is 3.56. The number of anilines is 2.